The standard InChI is InChI=1S/C22H22ClN7O5/c1-13(2)20(28-21(32)14-3-8-17(23)18(9-14)30(34)35)22(33)25-10-19(31)27-15-4-6-16(7-5-15)29-12-24-11-26-29/h3-9,11-13,20H,10H2,1-2H3,(H,25,33)(H,27,31)(H,28,32). The molecule has 0 fully saturated rings. The number of nitro groups is 1. The van der Waals surface area contributed by atoms with E-state index >= 15 is 0 Å². The molecule has 1 aromatic heterocycles. The van der Waals surface area contributed by atoms with Crippen LogP contribution in [0.1, 0.15) is 24.2 Å². The maximum atomic E-state index is 12.7. The molecule has 2 aromatic carbocycles. The van der Waals surface area contributed by atoms with Gasteiger partial charge in [0.25, 0.3) is 11.6 Å². The van der Waals surface area contributed by atoms with Crippen molar-refractivity contribution in [3.8, 4) is 5.69 Å². The number of nitrogens with zero attached hydrogens (tertiary/aromatic N) is 4. The van der Waals surface area contributed by atoms with Crippen LogP contribution in [0.2, 0.25) is 5.02 Å². The first-order valence-corrected chi connectivity index (χ1v) is 10.8. The third-order valence-corrected chi connectivity index (χ3v) is 5.22. The number of benzene rings is 2. The van der Waals surface area contributed by atoms with Gasteiger partial charge in [-0.2, -0.15) is 5.10 Å². The predicted molar refractivity (Wildman–Crippen MR) is 127 cm³/mol. The molecule has 3 aromatic rings. The second-order valence-corrected chi connectivity index (χ2v) is 8.18. The molecule has 13 heteroatoms. The van der Waals surface area contributed by atoms with Crippen molar-refractivity contribution in [2.45, 2.75) is 19.9 Å². The number of hydrogen-bond acceptors (Lipinski definition) is 7. The molecule has 3 rings (SSSR count). The molecule has 3 amide bonds. The number of nitro benzene ring substituents is 1. The minimum atomic E-state index is -0.980. The third-order valence-electron chi connectivity index (χ3n) is 4.90. The Morgan fingerprint density at radius 3 is 2.46 bits per heavy atom. The van der Waals surface area contributed by atoms with Crippen LogP contribution >= 0.6 is 11.6 Å². The number of hydrogen-bond donors (Lipinski definition) is 3. The summed E-state index contributed by atoms with van der Waals surface area (Å²) in [7, 11) is 0. The van der Waals surface area contributed by atoms with E-state index in [1.54, 1.807) is 49.1 Å². The molecule has 0 saturated heterocycles. The fraction of sp³-hybridized carbons (Fsp3) is 0.227. The Morgan fingerprint density at radius 2 is 1.86 bits per heavy atom. The van der Waals surface area contributed by atoms with Crippen LogP contribution in [-0.2, 0) is 9.59 Å². The highest BCUT2D eigenvalue weighted by atomic mass is 35.5. The Balaban J connectivity index is 1.56. The van der Waals surface area contributed by atoms with Crippen LogP contribution in [0.15, 0.2) is 55.1 Å². The van der Waals surface area contributed by atoms with Gasteiger partial charge in [0.2, 0.25) is 11.8 Å². The molecule has 1 heterocycles. The van der Waals surface area contributed by atoms with E-state index in [-0.39, 0.29) is 23.0 Å². The van der Waals surface area contributed by atoms with Crippen LogP contribution in [-0.4, -0.2) is 50.0 Å². The van der Waals surface area contributed by atoms with Crippen molar-refractivity contribution >= 4 is 40.7 Å². The van der Waals surface area contributed by atoms with Gasteiger partial charge < -0.3 is 16.0 Å². The van der Waals surface area contributed by atoms with Crippen LogP contribution in [0, 0.1) is 16.0 Å². The lowest BCUT2D eigenvalue weighted by atomic mass is 10.0. The molecule has 0 bridgehead atoms. The molecule has 0 aliphatic carbocycles. The van der Waals surface area contributed by atoms with Gasteiger partial charge in [-0.05, 0) is 42.3 Å². The summed E-state index contributed by atoms with van der Waals surface area (Å²) in [5.41, 5.74) is 0.837. The molecular formula is C22H22ClN7O5. The number of anilines is 1. The molecule has 35 heavy (non-hydrogen) atoms. The summed E-state index contributed by atoms with van der Waals surface area (Å²) in [6.45, 7) is 3.10. The van der Waals surface area contributed by atoms with Crippen molar-refractivity contribution < 1.29 is 19.3 Å². The summed E-state index contributed by atoms with van der Waals surface area (Å²) < 4.78 is 1.56. The van der Waals surface area contributed by atoms with Gasteiger partial charge in [-0.25, -0.2) is 9.67 Å². The second kappa shape index (κ2) is 11.2. The largest absolute Gasteiger partial charge is 0.345 e. The molecule has 0 aliphatic rings. The molecular weight excluding hydrogens is 478 g/mol. The normalized spacial score (nSPS) is 11.5. The molecule has 0 radical (unpaired) electrons. The van der Waals surface area contributed by atoms with Crippen LogP contribution in [0.25, 0.3) is 5.69 Å². The summed E-state index contributed by atoms with van der Waals surface area (Å²) in [6.07, 6.45) is 2.95. The van der Waals surface area contributed by atoms with Gasteiger partial charge in [-0.3, -0.25) is 24.5 Å². The van der Waals surface area contributed by atoms with E-state index < -0.39 is 34.4 Å². The molecule has 0 spiro atoms. The minimum absolute atomic E-state index is 0.0216. The molecule has 1 atom stereocenters. The zero-order valence-corrected chi connectivity index (χ0v) is 19.5. The number of carbonyl (C=O) groups is 3. The van der Waals surface area contributed by atoms with Crippen molar-refractivity contribution in [3.05, 3.63) is 75.8 Å². The Hall–Kier alpha value is -4.32. The van der Waals surface area contributed by atoms with E-state index in [0.717, 1.165) is 11.8 Å². The van der Waals surface area contributed by atoms with Gasteiger partial charge in [-0.15, -0.1) is 0 Å². The molecule has 0 saturated carbocycles. The summed E-state index contributed by atoms with van der Waals surface area (Å²) in [5.74, 6) is -2.05. The lowest BCUT2D eigenvalue weighted by Crippen LogP contribution is -2.51. The smallest absolute Gasteiger partial charge is 0.288 e. The Kier molecular flexibility index (Phi) is 8.10. The molecule has 182 valence electrons. The minimum Gasteiger partial charge on any atom is -0.345 e. The van der Waals surface area contributed by atoms with Crippen LogP contribution in [0.5, 0.6) is 0 Å². The average molecular weight is 500 g/mol. The summed E-state index contributed by atoms with van der Waals surface area (Å²) >= 11 is 5.78. The highest BCUT2D eigenvalue weighted by Crippen LogP contribution is 2.25. The molecule has 0 aliphatic heterocycles. The van der Waals surface area contributed by atoms with E-state index in [1.807, 2.05) is 0 Å². The monoisotopic (exact) mass is 499 g/mol. The van der Waals surface area contributed by atoms with Gasteiger partial charge in [0.1, 0.15) is 23.7 Å². The van der Waals surface area contributed by atoms with Crippen molar-refractivity contribution in [1.82, 2.24) is 25.4 Å². The number of halogens is 1. The molecule has 12 nitrogen and oxygen atoms in total. The fourth-order valence-electron chi connectivity index (χ4n) is 3.07. The fourth-order valence-corrected chi connectivity index (χ4v) is 3.26. The quantitative estimate of drug-likeness (QED) is 0.300. The lowest BCUT2D eigenvalue weighted by Gasteiger charge is -2.21. The molecule has 3 N–H and O–H groups in total. The summed E-state index contributed by atoms with van der Waals surface area (Å²) in [4.78, 5) is 51.8. The van der Waals surface area contributed by atoms with Crippen LogP contribution in [0.4, 0.5) is 11.4 Å². The zero-order chi connectivity index (χ0) is 25.5. The topological polar surface area (TPSA) is 161 Å². The Labute approximate surface area is 204 Å². The number of amides is 3. The SMILES string of the molecule is CC(C)C(NC(=O)c1ccc(Cl)c([N+](=O)[O-])c1)C(=O)NCC(=O)Nc1ccc(-n2cncn2)cc1. The van der Waals surface area contributed by atoms with Crippen molar-refractivity contribution in [2.75, 3.05) is 11.9 Å². The lowest BCUT2D eigenvalue weighted by molar-refractivity contribution is -0.384. The van der Waals surface area contributed by atoms with E-state index in [1.165, 1.54) is 18.5 Å². The molecule has 1 unspecified atom stereocenters. The van der Waals surface area contributed by atoms with Crippen LogP contribution in [0.3, 0.4) is 0 Å². The van der Waals surface area contributed by atoms with Gasteiger partial charge in [-0.1, -0.05) is 25.4 Å². The van der Waals surface area contributed by atoms with E-state index in [2.05, 4.69) is 26.0 Å². The highest BCUT2D eigenvalue weighted by Gasteiger charge is 2.26. The average Bonchev–Trinajstić information content (AvgIpc) is 3.36. The van der Waals surface area contributed by atoms with Crippen molar-refractivity contribution in [3.63, 3.8) is 0 Å². The first kappa shape index (κ1) is 25.3. The number of aromatic nitrogens is 3. The van der Waals surface area contributed by atoms with Gasteiger partial charge >= 0.3 is 0 Å². The van der Waals surface area contributed by atoms with Gasteiger partial charge in [0, 0.05) is 17.3 Å². The first-order chi connectivity index (χ1) is 16.7. The maximum absolute atomic E-state index is 12.7. The van der Waals surface area contributed by atoms with E-state index in [0.29, 0.717) is 5.69 Å². The maximum Gasteiger partial charge on any atom is 0.288 e. The second-order valence-electron chi connectivity index (χ2n) is 7.77. The van der Waals surface area contributed by atoms with Crippen molar-refractivity contribution in [1.29, 1.82) is 0 Å². The van der Waals surface area contributed by atoms with Crippen molar-refractivity contribution in [2.24, 2.45) is 5.92 Å². The van der Waals surface area contributed by atoms with E-state index in [4.69, 9.17) is 11.6 Å². The van der Waals surface area contributed by atoms with Gasteiger partial charge in [0.15, 0.2) is 0 Å². The Bertz CT molecular complexity index is 1230. The number of carbonyl (C=O) groups excluding carboxylic acids is 3. The van der Waals surface area contributed by atoms with E-state index in [9.17, 15) is 24.5 Å². The third kappa shape index (κ3) is 6.60. The number of nitrogens with one attached hydrogen (secondary N) is 3. The van der Waals surface area contributed by atoms with Crippen LogP contribution < -0.4 is 16.0 Å². The van der Waals surface area contributed by atoms with Gasteiger partial charge in [0.05, 0.1) is 17.2 Å². The summed E-state index contributed by atoms with van der Waals surface area (Å²) in [6, 6.07) is 9.46. The predicted octanol–water partition coefficient (Wildman–Crippen LogP) is 2.34. The highest BCUT2D eigenvalue weighted by molar-refractivity contribution is 6.32. The number of rotatable bonds is 9. The summed E-state index contributed by atoms with van der Waals surface area (Å²) in [5, 5.41) is 22.7. The first-order valence-electron chi connectivity index (χ1n) is 10.4. The zero-order valence-electron chi connectivity index (χ0n) is 18.8. The Morgan fingerprint density at radius 1 is 1.14 bits per heavy atom.